The van der Waals surface area contributed by atoms with E-state index in [2.05, 4.69) is 20.9 Å². The van der Waals surface area contributed by atoms with Gasteiger partial charge in [0, 0.05) is 56.1 Å². The quantitative estimate of drug-likeness (QED) is 0.399. The van der Waals surface area contributed by atoms with Crippen LogP contribution >= 0.6 is 0 Å². The van der Waals surface area contributed by atoms with Crippen molar-refractivity contribution in [2.45, 2.75) is 51.9 Å². The van der Waals surface area contributed by atoms with Gasteiger partial charge >= 0.3 is 12.2 Å². The number of unbranched alkanes of at least 4 members (excludes halogenated alkanes) is 1. The van der Waals surface area contributed by atoms with Crippen LogP contribution in [0.25, 0.3) is 0 Å². The predicted octanol–water partition coefficient (Wildman–Crippen LogP) is 4.64. The van der Waals surface area contributed by atoms with Gasteiger partial charge in [0.25, 0.3) is 11.8 Å². The number of benzene rings is 2. The summed E-state index contributed by atoms with van der Waals surface area (Å²) in [6.07, 6.45) is -2.67. The van der Waals surface area contributed by atoms with Gasteiger partial charge in [0.2, 0.25) is 0 Å². The summed E-state index contributed by atoms with van der Waals surface area (Å²) < 4.78 is 39.4. The van der Waals surface area contributed by atoms with Crippen molar-refractivity contribution in [3.8, 4) is 0 Å². The number of alkyl halides is 3. The highest BCUT2D eigenvalue weighted by molar-refractivity contribution is 5.96. The third-order valence-electron chi connectivity index (χ3n) is 6.60. The fourth-order valence-electron chi connectivity index (χ4n) is 4.04. The van der Waals surface area contributed by atoms with Gasteiger partial charge in [-0.25, -0.2) is 4.79 Å². The lowest BCUT2D eigenvalue weighted by Gasteiger charge is -2.35. The van der Waals surface area contributed by atoms with Gasteiger partial charge in [0.05, 0.1) is 0 Å². The van der Waals surface area contributed by atoms with E-state index < -0.39 is 17.6 Å². The van der Waals surface area contributed by atoms with Crippen LogP contribution in [0.5, 0.6) is 0 Å². The Kier molecular flexibility index (Phi) is 9.96. The van der Waals surface area contributed by atoms with Gasteiger partial charge < -0.3 is 20.9 Å². The summed E-state index contributed by atoms with van der Waals surface area (Å²) in [7, 11) is 0. The first-order chi connectivity index (χ1) is 18.4. The summed E-state index contributed by atoms with van der Waals surface area (Å²) in [5.74, 6) is -0.882. The maximum atomic E-state index is 13.1. The highest BCUT2D eigenvalue weighted by atomic mass is 19.4. The molecular weight excluding hydrogens is 511 g/mol. The topological polar surface area (TPSA) is 93.8 Å². The Bertz CT molecular complexity index is 1140. The van der Waals surface area contributed by atoms with E-state index in [4.69, 9.17) is 0 Å². The average molecular weight is 548 g/mol. The van der Waals surface area contributed by atoms with Crippen LogP contribution in [0.1, 0.15) is 59.9 Å². The number of anilines is 1. The Balaban J connectivity index is 1.50. The molecule has 0 spiro atoms. The lowest BCUT2D eigenvalue weighted by atomic mass is 10.0. The zero-order valence-electron chi connectivity index (χ0n) is 22.5. The molecule has 212 valence electrons. The number of rotatable bonds is 9. The molecule has 0 atom stereocenters. The summed E-state index contributed by atoms with van der Waals surface area (Å²) in [5.41, 5.74) is -0.254. The van der Waals surface area contributed by atoms with Crippen LogP contribution in [-0.4, -0.2) is 72.1 Å². The molecule has 8 nitrogen and oxygen atoms in total. The number of nitrogens with one attached hydrogen (secondary N) is 3. The molecule has 0 unspecified atom stereocenters. The van der Waals surface area contributed by atoms with Crippen LogP contribution in [-0.2, 0) is 6.54 Å². The van der Waals surface area contributed by atoms with Crippen molar-refractivity contribution in [2.24, 2.45) is 0 Å². The minimum atomic E-state index is -4.57. The number of urea groups is 1. The second kappa shape index (κ2) is 13.0. The SMILES string of the molecule is CCCCNC(=O)Nc1ccc(C(=O)N2CCN(Cc3cccc(C(=O)NC(C)(C)C(F)(F)F)c3)CC2)cc1. The molecule has 1 saturated heterocycles. The molecule has 3 rings (SSSR count). The summed E-state index contributed by atoms with van der Waals surface area (Å²) in [5, 5.41) is 7.58. The number of carbonyl (C=O) groups is 3. The molecule has 3 N–H and O–H groups in total. The van der Waals surface area contributed by atoms with Crippen molar-refractivity contribution >= 4 is 23.5 Å². The molecule has 0 bridgehead atoms. The molecule has 0 aromatic heterocycles. The third kappa shape index (κ3) is 8.44. The van der Waals surface area contributed by atoms with E-state index in [1.54, 1.807) is 41.3 Å². The maximum Gasteiger partial charge on any atom is 0.410 e. The van der Waals surface area contributed by atoms with Crippen LogP contribution in [0, 0.1) is 0 Å². The molecule has 1 heterocycles. The molecule has 2 aromatic rings. The van der Waals surface area contributed by atoms with Crippen molar-refractivity contribution in [2.75, 3.05) is 38.0 Å². The summed E-state index contributed by atoms with van der Waals surface area (Å²) in [4.78, 5) is 41.2. The molecule has 0 saturated carbocycles. The van der Waals surface area contributed by atoms with E-state index in [-0.39, 0.29) is 17.5 Å². The number of hydrogen-bond acceptors (Lipinski definition) is 4. The molecule has 0 aliphatic carbocycles. The van der Waals surface area contributed by atoms with Crippen LogP contribution in [0.4, 0.5) is 23.7 Å². The molecule has 4 amide bonds. The lowest BCUT2D eigenvalue weighted by Crippen LogP contribution is -2.54. The number of amides is 4. The Morgan fingerprint density at radius 2 is 1.59 bits per heavy atom. The summed E-state index contributed by atoms with van der Waals surface area (Å²) in [6.45, 7) is 7.26. The number of piperazine rings is 1. The van der Waals surface area contributed by atoms with E-state index >= 15 is 0 Å². The van der Waals surface area contributed by atoms with Gasteiger partial charge in [-0.2, -0.15) is 13.2 Å². The molecule has 11 heteroatoms. The fraction of sp³-hybridized carbons (Fsp3) is 0.464. The zero-order chi connectivity index (χ0) is 28.6. The van der Waals surface area contributed by atoms with Crippen molar-refractivity contribution in [1.29, 1.82) is 0 Å². The van der Waals surface area contributed by atoms with Gasteiger partial charge in [-0.15, -0.1) is 0 Å². The molecule has 2 aromatic carbocycles. The Labute approximate surface area is 226 Å². The molecule has 1 aliphatic rings. The Hall–Kier alpha value is -3.60. The van der Waals surface area contributed by atoms with Crippen molar-refractivity contribution in [3.05, 3.63) is 65.2 Å². The first-order valence-electron chi connectivity index (χ1n) is 13.0. The standard InChI is InChI=1S/C28H36F3N5O3/c1-4-5-13-32-26(39)33-23-11-9-21(10-12-23)25(38)36-16-14-35(15-17-36)19-20-7-6-8-22(18-20)24(37)34-27(2,3)28(29,30)31/h6-12,18H,4-5,13-17,19H2,1-3H3,(H,34,37)(H2,32,33,39). The largest absolute Gasteiger partial charge is 0.410 e. The smallest absolute Gasteiger partial charge is 0.338 e. The second-order valence-corrected chi connectivity index (χ2v) is 10.2. The van der Waals surface area contributed by atoms with Crippen LogP contribution < -0.4 is 16.0 Å². The van der Waals surface area contributed by atoms with Gasteiger partial charge in [0.1, 0.15) is 5.54 Å². The van der Waals surface area contributed by atoms with Crippen LogP contribution in [0.15, 0.2) is 48.5 Å². The number of carbonyl (C=O) groups excluding carboxylic acids is 3. The highest BCUT2D eigenvalue weighted by Gasteiger charge is 2.48. The minimum Gasteiger partial charge on any atom is -0.338 e. The number of hydrogen-bond donors (Lipinski definition) is 3. The first-order valence-corrected chi connectivity index (χ1v) is 13.0. The highest BCUT2D eigenvalue weighted by Crippen LogP contribution is 2.29. The second-order valence-electron chi connectivity index (χ2n) is 10.2. The van der Waals surface area contributed by atoms with E-state index in [0.717, 1.165) is 32.3 Å². The van der Waals surface area contributed by atoms with Gasteiger partial charge in [0.15, 0.2) is 0 Å². The third-order valence-corrected chi connectivity index (χ3v) is 6.60. The fourth-order valence-corrected chi connectivity index (χ4v) is 4.04. The molecule has 39 heavy (non-hydrogen) atoms. The zero-order valence-corrected chi connectivity index (χ0v) is 22.5. The van der Waals surface area contributed by atoms with Gasteiger partial charge in [-0.1, -0.05) is 25.5 Å². The van der Waals surface area contributed by atoms with E-state index in [1.807, 2.05) is 13.0 Å². The van der Waals surface area contributed by atoms with Gasteiger partial charge in [-0.3, -0.25) is 14.5 Å². The van der Waals surface area contributed by atoms with Crippen molar-refractivity contribution in [1.82, 2.24) is 20.4 Å². The number of nitrogens with zero attached hydrogens (tertiary/aromatic N) is 2. The number of halogens is 3. The Morgan fingerprint density at radius 1 is 0.923 bits per heavy atom. The molecule has 1 aliphatic heterocycles. The normalized spacial score (nSPS) is 14.6. The van der Waals surface area contributed by atoms with Crippen LogP contribution in [0.2, 0.25) is 0 Å². The van der Waals surface area contributed by atoms with Crippen LogP contribution in [0.3, 0.4) is 0 Å². The minimum absolute atomic E-state index is 0.0976. The summed E-state index contributed by atoms with van der Waals surface area (Å²) in [6, 6.07) is 13.0. The average Bonchev–Trinajstić information content (AvgIpc) is 2.88. The predicted molar refractivity (Wildman–Crippen MR) is 144 cm³/mol. The van der Waals surface area contributed by atoms with E-state index in [1.165, 1.54) is 6.07 Å². The Morgan fingerprint density at radius 3 is 2.21 bits per heavy atom. The molecule has 0 radical (unpaired) electrons. The van der Waals surface area contributed by atoms with E-state index in [0.29, 0.717) is 50.5 Å². The molecular formula is C28H36F3N5O3. The first kappa shape index (κ1) is 29.9. The monoisotopic (exact) mass is 547 g/mol. The molecule has 1 fully saturated rings. The van der Waals surface area contributed by atoms with Crippen molar-refractivity contribution in [3.63, 3.8) is 0 Å². The lowest BCUT2D eigenvalue weighted by molar-refractivity contribution is -0.182. The summed E-state index contributed by atoms with van der Waals surface area (Å²) >= 11 is 0. The maximum absolute atomic E-state index is 13.1. The van der Waals surface area contributed by atoms with Crippen molar-refractivity contribution < 1.29 is 27.6 Å². The van der Waals surface area contributed by atoms with Gasteiger partial charge in [-0.05, 0) is 62.2 Å². The van der Waals surface area contributed by atoms with E-state index in [9.17, 15) is 27.6 Å².